The van der Waals surface area contributed by atoms with Crippen molar-refractivity contribution in [3.05, 3.63) is 25.6 Å². The summed E-state index contributed by atoms with van der Waals surface area (Å²) in [5, 5.41) is 0. The lowest BCUT2D eigenvalue weighted by Crippen LogP contribution is -2.22. The summed E-state index contributed by atoms with van der Waals surface area (Å²) in [6.45, 7) is 0. The third-order valence-electron chi connectivity index (χ3n) is 1.86. The van der Waals surface area contributed by atoms with Crippen LogP contribution in [0.25, 0.3) is 0 Å². The zero-order chi connectivity index (χ0) is 12.8. The van der Waals surface area contributed by atoms with E-state index in [0.29, 0.717) is 11.8 Å². The number of hydrogen-bond acceptors (Lipinski definition) is 2. The molecule has 0 N–H and O–H groups in total. The number of alkyl halides is 2. The molecule has 0 atom stereocenters. The summed E-state index contributed by atoms with van der Waals surface area (Å²) < 4.78 is 13.8. The predicted octanol–water partition coefficient (Wildman–Crippen LogP) is 4.21. The average molecular weight is 488 g/mol. The largest absolute Gasteiger partial charge is 0.524 e. The van der Waals surface area contributed by atoms with Gasteiger partial charge in [-0.25, -0.2) is 0 Å². The second-order valence-corrected chi connectivity index (χ2v) is 6.95. The third-order valence-corrected chi connectivity index (χ3v) is 6.92. The monoisotopic (exact) mass is 484 g/mol. The van der Waals surface area contributed by atoms with E-state index in [1.807, 2.05) is 12.1 Å². The highest BCUT2D eigenvalue weighted by Gasteiger charge is 2.10. The van der Waals surface area contributed by atoms with Crippen molar-refractivity contribution in [3.8, 4) is 5.75 Å². The van der Waals surface area contributed by atoms with Gasteiger partial charge in [-0.2, -0.15) is 0 Å². The molecule has 1 aromatic carbocycles. The Balaban J connectivity index is 2.55. The number of hydrogen-bond donors (Lipinski definition) is 0. The Morgan fingerprint density at radius 2 is 1.76 bits per heavy atom. The summed E-state index contributed by atoms with van der Waals surface area (Å²) in [6.07, 6.45) is -0.136. The first-order valence-corrected chi connectivity index (χ1v) is 9.20. The van der Waals surface area contributed by atoms with Crippen LogP contribution in [-0.4, -0.2) is 27.9 Å². The van der Waals surface area contributed by atoms with E-state index in [0.717, 1.165) is 19.2 Å². The summed E-state index contributed by atoms with van der Waals surface area (Å²) >= 11 is 21.6. The molecular weight excluding hydrogens is 479 g/mol. The third kappa shape index (κ3) is 5.01. The van der Waals surface area contributed by atoms with Crippen LogP contribution in [0.5, 0.6) is 5.75 Å². The number of benzene rings is 1. The summed E-state index contributed by atoms with van der Waals surface area (Å²) in [5.74, 6) is 1.51. The standard InChI is InChI=1S/C9H9Br3Cl2O2Si/c10-6-1-2-7(9(12)8(6)11)16-17-15-5(3-13)4-14/h1-2,5H,3-4,17H2. The Hall–Kier alpha value is 1.22. The molecule has 0 aliphatic heterocycles. The summed E-state index contributed by atoms with van der Waals surface area (Å²) in [6, 6.07) is 3.77. The van der Waals surface area contributed by atoms with Gasteiger partial charge in [-0.1, -0.05) is 0 Å². The molecule has 0 aromatic heterocycles. The van der Waals surface area contributed by atoms with Crippen molar-refractivity contribution < 1.29 is 8.85 Å². The Bertz CT molecular complexity index is 378. The minimum absolute atomic E-state index is 0.136. The summed E-state index contributed by atoms with van der Waals surface area (Å²) in [4.78, 5) is 0. The Labute approximate surface area is 138 Å². The molecule has 0 aliphatic rings. The van der Waals surface area contributed by atoms with Gasteiger partial charge in [0.25, 0.3) is 0 Å². The Morgan fingerprint density at radius 3 is 2.35 bits per heavy atom. The molecule has 0 radical (unpaired) electrons. The van der Waals surface area contributed by atoms with Crippen LogP contribution >= 0.6 is 71.0 Å². The topological polar surface area (TPSA) is 18.5 Å². The Kier molecular flexibility index (Phi) is 8.04. The SMILES string of the molecule is ClCC(CCl)O[SiH2]Oc1ccc(Br)c(Br)c1Br. The van der Waals surface area contributed by atoms with Gasteiger partial charge in [0.1, 0.15) is 5.75 Å². The average Bonchev–Trinajstić information content (AvgIpc) is 2.34. The van der Waals surface area contributed by atoms with Crippen LogP contribution < -0.4 is 4.43 Å². The van der Waals surface area contributed by atoms with Crippen molar-refractivity contribution in [3.63, 3.8) is 0 Å². The first-order chi connectivity index (χ1) is 8.10. The molecule has 96 valence electrons. The smallest absolute Gasteiger partial charge is 0.366 e. The molecule has 0 spiro atoms. The van der Waals surface area contributed by atoms with Crippen LogP contribution in [0.3, 0.4) is 0 Å². The van der Waals surface area contributed by atoms with Gasteiger partial charge in [-0.15, -0.1) is 23.2 Å². The fourth-order valence-corrected chi connectivity index (χ4v) is 4.21. The maximum Gasteiger partial charge on any atom is 0.366 e. The van der Waals surface area contributed by atoms with Gasteiger partial charge >= 0.3 is 10.0 Å². The lowest BCUT2D eigenvalue weighted by atomic mass is 10.3. The van der Waals surface area contributed by atoms with Crippen molar-refractivity contribution in [1.29, 1.82) is 0 Å². The molecule has 0 amide bonds. The maximum absolute atomic E-state index is 5.66. The van der Waals surface area contributed by atoms with Crippen molar-refractivity contribution in [1.82, 2.24) is 0 Å². The van der Waals surface area contributed by atoms with Gasteiger partial charge in [-0.3, -0.25) is 0 Å². The quantitative estimate of drug-likeness (QED) is 0.340. The van der Waals surface area contributed by atoms with Gasteiger partial charge < -0.3 is 8.85 Å². The van der Waals surface area contributed by atoms with E-state index in [9.17, 15) is 0 Å². The molecular formula is C9H9Br3Cl2O2Si. The van der Waals surface area contributed by atoms with Gasteiger partial charge in [-0.05, 0) is 59.9 Å². The molecule has 0 saturated heterocycles. The van der Waals surface area contributed by atoms with E-state index in [1.165, 1.54) is 0 Å². The molecule has 0 bridgehead atoms. The van der Waals surface area contributed by atoms with E-state index < -0.39 is 10.0 Å². The lowest BCUT2D eigenvalue weighted by molar-refractivity contribution is 0.228. The van der Waals surface area contributed by atoms with Gasteiger partial charge in [0.15, 0.2) is 0 Å². The van der Waals surface area contributed by atoms with Gasteiger partial charge in [0, 0.05) is 20.7 Å². The van der Waals surface area contributed by atoms with Crippen molar-refractivity contribution in [2.24, 2.45) is 0 Å². The van der Waals surface area contributed by atoms with Gasteiger partial charge in [0.05, 0.1) is 10.6 Å². The van der Waals surface area contributed by atoms with Crippen LogP contribution in [0.4, 0.5) is 0 Å². The fourth-order valence-electron chi connectivity index (χ4n) is 0.944. The van der Waals surface area contributed by atoms with Crippen molar-refractivity contribution in [2.75, 3.05) is 11.8 Å². The molecule has 8 heteroatoms. The lowest BCUT2D eigenvalue weighted by Gasteiger charge is -2.14. The van der Waals surface area contributed by atoms with Gasteiger partial charge in [0.2, 0.25) is 0 Å². The molecule has 2 nitrogen and oxygen atoms in total. The zero-order valence-corrected chi connectivity index (χ0v) is 16.2. The van der Waals surface area contributed by atoms with Crippen LogP contribution in [0.2, 0.25) is 0 Å². The second kappa shape index (κ2) is 8.40. The molecule has 0 saturated carbocycles. The summed E-state index contributed by atoms with van der Waals surface area (Å²) in [7, 11) is -1.14. The van der Waals surface area contributed by atoms with Crippen LogP contribution in [0.1, 0.15) is 0 Å². The van der Waals surface area contributed by atoms with E-state index in [2.05, 4.69) is 47.8 Å². The van der Waals surface area contributed by atoms with Crippen LogP contribution in [-0.2, 0) is 4.43 Å². The predicted molar refractivity (Wildman–Crippen MR) is 85.0 cm³/mol. The summed E-state index contributed by atoms with van der Waals surface area (Å²) in [5.41, 5.74) is 0. The van der Waals surface area contributed by atoms with E-state index in [4.69, 9.17) is 32.1 Å². The molecule has 17 heavy (non-hydrogen) atoms. The van der Waals surface area contributed by atoms with Crippen LogP contribution in [0.15, 0.2) is 25.6 Å². The highest BCUT2D eigenvalue weighted by atomic mass is 79.9. The van der Waals surface area contributed by atoms with Crippen molar-refractivity contribution >= 4 is 81.0 Å². The normalized spacial score (nSPS) is 11.6. The molecule has 1 aromatic rings. The number of rotatable bonds is 6. The first kappa shape index (κ1) is 16.3. The van der Waals surface area contributed by atoms with E-state index >= 15 is 0 Å². The fraction of sp³-hybridized carbons (Fsp3) is 0.333. The molecule has 0 aliphatic carbocycles. The Morgan fingerprint density at radius 1 is 1.12 bits per heavy atom. The van der Waals surface area contributed by atoms with Crippen molar-refractivity contribution in [2.45, 2.75) is 6.10 Å². The molecule has 1 rings (SSSR count). The molecule has 0 fully saturated rings. The minimum atomic E-state index is -1.14. The second-order valence-electron chi connectivity index (χ2n) is 3.03. The zero-order valence-electron chi connectivity index (χ0n) is 8.56. The minimum Gasteiger partial charge on any atom is -0.524 e. The highest BCUT2D eigenvalue weighted by Crippen LogP contribution is 2.37. The molecule has 0 heterocycles. The van der Waals surface area contributed by atoms with E-state index in [1.54, 1.807) is 0 Å². The highest BCUT2D eigenvalue weighted by molar-refractivity contribution is 9.14. The maximum atomic E-state index is 5.66. The van der Waals surface area contributed by atoms with Crippen LogP contribution in [0, 0.1) is 0 Å². The van der Waals surface area contributed by atoms with E-state index in [-0.39, 0.29) is 6.10 Å². The first-order valence-electron chi connectivity index (χ1n) is 4.60. The molecule has 0 unspecified atom stereocenters. The number of halogens is 5.